The number of hydrogen-bond donors (Lipinski definition) is 0. The van der Waals surface area contributed by atoms with E-state index >= 15 is 0 Å². The summed E-state index contributed by atoms with van der Waals surface area (Å²) < 4.78 is 27.6. The molecule has 1 aliphatic heterocycles. The number of nitrogens with zero attached hydrogens (tertiary/aromatic N) is 1. The topological polar surface area (TPSA) is 37.4 Å². The van der Waals surface area contributed by atoms with Crippen molar-refractivity contribution in [1.82, 2.24) is 4.31 Å². The molecule has 2 aromatic rings. The summed E-state index contributed by atoms with van der Waals surface area (Å²) in [4.78, 5) is 0.420. The molecule has 21 heavy (non-hydrogen) atoms. The highest BCUT2D eigenvalue weighted by atomic mass is 32.2. The predicted octanol–water partition coefficient (Wildman–Crippen LogP) is 3.36. The van der Waals surface area contributed by atoms with Gasteiger partial charge in [0.25, 0.3) is 0 Å². The van der Waals surface area contributed by atoms with Crippen molar-refractivity contribution < 1.29 is 8.42 Å². The van der Waals surface area contributed by atoms with E-state index in [4.69, 9.17) is 0 Å². The van der Waals surface area contributed by atoms with E-state index < -0.39 is 10.0 Å². The summed E-state index contributed by atoms with van der Waals surface area (Å²) in [6, 6.07) is 13.1. The summed E-state index contributed by atoms with van der Waals surface area (Å²) in [6.45, 7) is 5.34. The highest BCUT2D eigenvalue weighted by Gasteiger charge is 2.35. The van der Waals surface area contributed by atoms with Crippen LogP contribution in [0.15, 0.2) is 47.4 Å². The molecular formula is C16H19NO2S2. The molecule has 1 saturated heterocycles. The normalized spacial score (nSPS) is 19.7. The first kappa shape index (κ1) is 14.9. The van der Waals surface area contributed by atoms with Gasteiger partial charge in [-0.05, 0) is 25.3 Å². The third kappa shape index (κ3) is 2.82. The van der Waals surface area contributed by atoms with E-state index in [-0.39, 0.29) is 4.75 Å². The predicted molar refractivity (Wildman–Crippen MR) is 89.2 cm³/mol. The summed E-state index contributed by atoms with van der Waals surface area (Å²) in [5.41, 5.74) is 0. The molecule has 5 heteroatoms. The Morgan fingerprint density at radius 3 is 2.57 bits per heavy atom. The van der Waals surface area contributed by atoms with Gasteiger partial charge < -0.3 is 0 Å². The van der Waals surface area contributed by atoms with Gasteiger partial charge in [0, 0.05) is 29.0 Å². The lowest BCUT2D eigenvalue weighted by Gasteiger charge is -2.36. The fraction of sp³-hybridized carbons (Fsp3) is 0.375. The Balaban J connectivity index is 2.09. The Bertz CT molecular complexity index is 763. The number of fused-ring (bicyclic) bond motifs is 1. The Labute approximate surface area is 130 Å². The molecule has 1 aliphatic rings. The van der Waals surface area contributed by atoms with Crippen molar-refractivity contribution in [1.29, 1.82) is 0 Å². The average molecular weight is 321 g/mol. The van der Waals surface area contributed by atoms with Crippen LogP contribution in [0.2, 0.25) is 0 Å². The van der Waals surface area contributed by atoms with E-state index in [9.17, 15) is 8.42 Å². The number of rotatable bonds is 2. The first-order chi connectivity index (χ1) is 9.90. The Kier molecular flexibility index (Phi) is 3.76. The van der Waals surface area contributed by atoms with Gasteiger partial charge in [0.1, 0.15) is 0 Å². The van der Waals surface area contributed by atoms with Crippen LogP contribution >= 0.6 is 11.8 Å². The molecule has 2 aromatic carbocycles. The standard InChI is InChI=1S/C16H19NO2S2/c1-16(2)12-17(10-11-20-16)21(18,19)15-9-5-7-13-6-3-4-8-14(13)15/h3-9H,10-12H2,1-2H3. The molecule has 112 valence electrons. The monoisotopic (exact) mass is 321 g/mol. The van der Waals surface area contributed by atoms with Crippen LogP contribution < -0.4 is 0 Å². The number of hydrogen-bond acceptors (Lipinski definition) is 3. The van der Waals surface area contributed by atoms with Crippen molar-refractivity contribution >= 4 is 32.6 Å². The van der Waals surface area contributed by atoms with Gasteiger partial charge in [-0.2, -0.15) is 16.1 Å². The molecule has 3 nitrogen and oxygen atoms in total. The highest BCUT2D eigenvalue weighted by molar-refractivity contribution is 8.00. The molecule has 3 rings (SSSR count). The van der Waals surface area contributed by atoms with E-state index in [0.717, 1.165) is 16.5 Å². The summed E-state index contributed by atoms with van der Waals surface area (Å²) in [5.74, 6) is 0.844. The first-order valence-corrected chi connectivity index (χ1v) is 9.45. The molecule has 1 fully saturated rings. The molecule has 0 spiro atoms. The molecule has 0 N–H and O–H groups in total. The number of sulfonamides is 1. The van der Waals surface area contributed by atoms with Gasteiger partial charge in [0.2, 0.25) is 10.0 Å². The van der Waals surface area contributed by atoms with Crippen LogP contribution in [0.25, 0.3) is 10.8 Å². The second kappa shape index (κ2) is 5.30. The van der Waals surface area contributed by atoms with Gasteiger partial charge in [-0.1, -0.05) is 36.4 Å². The number of benzene rings is 2. The van der Waals surface area contributed by atoms with Crippen LogP contribution in [0.3, 0.4) is 0 Å². The molecule has 0 bridgehead atoms. The Hall–Kier alpha value is -1.04. The maximum atomic E-state index is 13.0. The largest absolute Gasteiger partial charge is 0.243 e. The number of thioether (sulfide) groups is 1. The van der Waals surface area contributed by atoms with E-state index in [2.05, 4.69) is 13.8 Å². The minimum absolute atomic E-state index is 0.0318. The lowest BCUT2D eigenvalue weighted by atomic mass is 10.1. The zero-order chi connectivity index (χ0) is 15.1. The van der Waals surface area contributed by atoms with Crippen molar-refractivity contribution in [2.45, 2.75) is 23.5 Å². The average Bonchev–Trinajstić information content (AvgIpc) is 2.45. The van der Waals surface area contributed by atoms with E-state index in [0.29, 0.717) is 18.0 Å². The maximum Gasteiger partial charge on any atom is 0.243 e. The third-order valence-electron chi connectivity index (χ3n) is 3.76. The zero-order valence-electron chi connectivity index (χ0n) is 12.2. The Morgan fingerprint density at radius 1 is 1.10 bits per heavy atom. The molecule has 0 radical (unpaired) electrons. The van der Waals surface area contributed by atoms with Crippen LogP contribution in [0.1, 0.15) is 13.8 Å². The van der Waals surface area contributed by atoms with Gasteiger partial charge in [-0.3, -0.25) is 0 Å². The quantitative estimate of drug-likeness (QED) is 0.851. The molecule has 0 amide bonds. The van der Waals surface area contributed by atoms with Gasteiger partial charge in [-0.25, -0.2) is 8.42 Å². The minimum Gasteiger partial charge on any atom is -0.207 e. The SMILES string of the molecule is CC1(C)CN(S(=O)(=O)c2cccc3ccccc23)CCS1. The second-order valence-electron chi connectivity index (χ2n) is 5.92. The lowest BCUT2D eigenvalue weighted by molar-refractivity contribution is 0.388. The molecule has 0 saturated carbocycles. The van der Waals surface area contributed by atoms with Crippen LogP contribution in [0, 0.1) is 0 Å². The minimum atomic E-state index is -3.44. The lowest BCUT2D eigenvalue weighted by Crippen LogP contribution is -2.46. The molecule has 0 aliphatic carbocycles. The van der Waals surface area contributed by atoms with Crippen LogP contribution in [0.4, 0.5) is 0 Å². The molecule has 1 heterocycles. The summed E-state index contributed by atoms with van der Waals surface area (Å²) in [5, 5.41) is 1.76. The van der Waals surface area contributed by atoms with Crippen LogP contribution in [-0.4, -0.2) is 36.3 Å². The fourth-order valence-electron chi connectivity index (χ4n) is 2.74. The summed E-state index contributed by atoms with van der Waals surface area (Å²) in [6.07, 6.45) is 0. The summed E-state index contributed by atoms with van der Waals surface area (Å²) >= 11 is 1.83. The maximum absolute atomic E-state index is 13.0. The van der Waals surface area contributed by atoms with Crippen LogP contribution in [0.5, 0.6) is 0 Å². The molecule has 0 unspecified atom stereocenters. The van der Waals surface area contributed by atoms with E-state index in [1.807, 2.05) is 48.2 Å². The Morgan fingerprint density at radius 2 is 1.81 bits per heavy atom. The molecular weight excluding hydrogens is 302 g/mol. The fourth-order valence-corrected chi connectivity index (χ4v) is 5.86. The van der Waals surface area contributed by atoms with E-state index in [1.165, 1.54) is 0 Å². The van der Waals surface area contributed by atoms with E-state index in [1.54, 1.807) is 10.4 Å². The van der Waals surface area contributed by atoms with Crippen molar-refractivity contribution in [3.8, 4) is 0 Å². The second-order valence-corrected chi connectivity index (χ2v) is 9.63. The van der Waals surface area contributed by atoms with Gasteiger partial charge >= 0.3 is 0 Å². The summed E-state index contributed by atoms with van der Waals surface area (Å²) in [7, 11) is -3.44. The zero-order valence-corrected chi connectivity index (χ0v) is 13.9. The molecule has 0 atom stereocenters. The highest BCUT2D eigenvalue weighted by Crippen LogP contribution is 2.34. The van der Waals surface area contributed by atoms with Crippen molar-refractivity contribution in [3.63, 3.8) is 0 Å². The van der Waals surface area contributed by atoms with Crippen molar-refractivity contribution in [2.75, 3.05) is 18.8 Å². The van der Waals surface area contributed by atoms with Gasteiger partial charge in [-0.15, -0.1) is 0 Å². The van der Waals surface area contributed by atoms with Crippen molar-refractivity contribution in [3.05, 3.63) is 42.5 Å². The first-order valence-electron chi connectivity index (χ1n) is 7.02. The third-order valence-corrected chi connectivity index (χ3v) is 6.96. The molecule has 0 aromatic heterocycles. The van der Waals surface area contributed by atoms with Gasteiger partial charge in [0.15, 0.2) is 0 Å². The van der Waals surface area contributed by atoms with Crippen LogP contribution in [-0.2, 0) is 10.0 Å². The van der Waals surface area contributed by atoms with Crippen molar-refractivity contribution in [2.24, 2.45) is 0 Å². The van der Waals surface area contributed by atoms with Gasteiger partial charge in [0.05, 0.1) is 4.90 Å². The smallest absolute Gasteiger partial charge is 0.207 e.